The number of hydrogen-bond acceptors (Lipinski definition) is 6. The molecule has 0 spiro atoms. The summed E-state index contributed by atoms with van der Waals surface area (Å²) in [7, 11) is 2.88. The molecule has 0 saturated heterocycles. The number of hydrazone groups is 1. The highest BCUT2D eigenvalue weighted by Gasteiger charge is 2.31. The molecule has 2 N–H and O–H groups in total. The summed E-state index contributed by atoms with van der Waals surface area (Å²) in [5.41, 5.74) is 4.13. The van der Waals surface area contributed by atoms with E-state index in [2.05, 4.69) is 31.4 Å². The lowest BCUT2D eigenvalue weighted by Crippen LogP contribution is -2.19. The Morgan fingerprint density at radius 1 is 0.886 bits per heavy atom. The number of benzene rings is 4. The number of aromatic amines is 1. The number of carbonyl (C=O) groups excluding carboxylic acids is 2. The summed E-state index contributed by atoms with van der Waals surface area (Å²) >= 11 is 3.59. The standard InChI is InChI=1S/C32H23BrF3N3O5/c1-42-24-14-12-22(33)27-26(19-7-4-3-5-8-19)29(38-28(24)27)30(40)39-37-17-18-11-13-23(25(15-18)43-2)44-31(41)20-9-6-10-21(16-20)32(34,35)36/h3-17,38H,1-2H3,(H,39,40). The van der Waals surface area contributed by atoms with Crippen molar-refractivity contribution >= 4 is 44.9 Å². The second kappa shape index (κ2) is 12.6. The van der Waals surface area contributed by atoms with Gasteiger partial charge in [0.2, 0.25) is 0 Å². The maximum atomic E-state index is 13.4. The molecule has 1 heterocycles. The van der Waals surface area contributed by atoms with Gasteiger partial charge in [0.15, 0.2) is 11.5 Å². The van der Waals surface area contributed by atoms with E-state index in [9.17, 15) is 22.8 Å². The number of halogens is 4. The molecule has 44 heavy (non-hydrogen) atoms. The molecule has 1 aromatic heterocycles. The van der Waals surface area contributed by atoms with Crippen molar-refractivity contribution in [1.82, 2.24) is 10.4 Å². The lowest BCUT2D eigenvalue weighted by Gasteiger charge is -2.11. The molecule has 0 aliphatic heterocycles. The van der Waals surface area contributed by atoms with Crippen molar-refractivity contribution in [3.8, 4) is 28.4 Å². The van der Waals surface area contributed by atoms with Crippen LogP contribution in [-0.2, 0) is 6.18 Å². The fourth-order valence-corrected chi connectivity index (χ4v) is 5.05. The molecule has 0 unspecified atom stereocenters. The van der Waals surface area contributed by atoms with Gasteiger partial charge in [0, 0.05) is 15.4 Å². The predicted molar refractivity (Wildman–Crippen MR) is 162 cm³/mol. The molecule has 0 bridgehead atoms. The first kappa shape index (κ1) is 30.4. The number of alkyl halides is 3. The topological polar surface area (TPSA) is 102 Å². The molecule has 224 valence electrons. The van der Waals surface area contributed by atoms with E-state index >= 15 is 0 Å². The minimum Gasteiger partial charge on any atom is -0.495 e. The van der Waals surface area contributed by atoms with Crippen LogP contribution in [0.15, 0.2) is 94.5 Å². The minimum absolute atomic E-state index is 0.0128. The summed E-state index contributed by atoms with van der Waals surface area (Å²) in [4.78, 5) is 29.1. The first-order valence-corrected chi connectivity index (χ1v) is 13.7. The SMILES string of the molecule is COc1cc(C=NNC(=O)c2[nH]c3c(OC)ccc(Br)c3c2-c2ccccc2)ccc1OC(=O)c1cccc(C(F)(F)F)c1. The van der Waals surface area contributed by atoms with Gasteiger partial charge in [0.05, 0.1) is 37.1 Å². The Kier molecular flexibility index (Phi) is 8.72. The first-order chi connectivity index (χ1) is 21.1. The zero-order chi connectivity index (χ0) is 31.4. The molecular weight excluding hydrogens is 643 g/mol. The highest BCUT2D eigenvalue weighted by molar-refractivity contribution is 9.10. The molecule has 12 heteroatoms. The zero-order valence-corrected chi connectivity index (χ0v) is 24.7. The average Bonchev–Trinajstić information content (AvgIpc) is 3.44. The van der Waals surface area contributed by atoms with E-state index in [-0.39, 0.29) is 22.8 Å². The number of aromatic nitrogens is 1. The zero-order valence-electron chi connectivity index (χ0n) is 23.2. The number of nitrogens with zero attached hydrogens (tertiary/aromatic N) is 1. The number of H-pyrrole nitrogens is 1. The third kappa shape index (κ3) is 6.30. The monoisotopic (exact) mass is 665 g/mol. The number of esters is 1. The molecule has 0 aliphatic carbocycles. The second-order valence-electron chi connectivity index (χ2n) is 9.32. The summed E-state index contributed by atoms with van der Waals surface area (Å²) in [5.74, 6) is -0.827. The summed E-state index contributed by atoms with van der Waals surface area (Å²) in [6, 6.07) is 21.4. The van der Waals surface area contributed by atoms with Gasteiger partial charge in [-0.2, -0.15) is 18.3 Å². The van der Waals surface area contributed by atoms with Gasteiger partial charge in [-0.1, -0.05) is 52.3 Å². The Morgan fingerprint density at radius 2 is 1.61 bits per heavy atom. The van der Waals surface area contributed by atoms with Crippen LogP contribution in [0.5, 0.6) is 17.2 Å². The highest BCUT2D eigenvalue weighted by atomic mass is 79.9. The molecule has 0 atom stereocenters. The summed E-state index contributed by atoms with van der Waals surface area (Å²) < 4.78 is 56.0. The van der Waals surface area contributed by atoms with E-state index in [1.165, 1.54) is 37.6 Å². The molecule has 0 radical (unpaired) electrons. The molecule has 1 amide bonds. The second-order valence-corrected chi connectivity index (χ2v) is 10.2. The Hall–Kier alpha value is -5.10. The number of methoxy groups -OCH3 is 2. The maximum Gasteiger partial charge on any atom is 0.416 e. The van der Waals surface area contributed by atoms with Crippen molar-refractivity contribution in [2.75, 3.05) is 14.2 Å². The van der Waals surface area contributed by atoms with E-state index in [0.717, 1.165) is 27.6 Å². The van der Waals surface area contributed by atoms with Crippen LogP contribution >= 0.6 is 15.9 Å². The smallest absolute Gasteiger partial charge is 0.416 e. The van der Waals surface area contributed by atoms with Crippen LogP contribution in [0.4, 0.5) is 13.2 Å². The molecule has 0 fully saturated rings. The Bertz CT molecular complexity index is 1890. The van der Waals surface area contributed by atoms with Gasteiger partial charge < -0.3 is 19.2 Å². The Morgan fingerprint density at radius 3 is 2.32 bits per heavy atom. The van der Waals surface area contributed by atoms with Crippen LogP contribution in [-0.4, -0.2) is 37.3 Å². The van der Waals surface area contributed by atoms with Gasteiger partial charge in [-0.15, -0.1) is 0 Å². The van der Waals surface area contributed by atoms with Crippen LogP contribution in [0, 0.1) is 0 Å². The summed E-state index contributed by atoms with van der Waals surface area (Å²) in [5, 5.41) is 4.85. The Labute approximate surface area is 257 Å². The van der Waals surface area contributed by atoms with Gasteiger partial charge in [-0.3, -0.25) is 4.79 Å². The lowest BCUT2D eigenvalue weighted by atomic mass is 10.0. The van der Waals surface area contributed by atoms with Crippen molar-refractivity contribution in [2.45, 2.75) is 6.18 Å². The van der Waals surface area contributed by atoms with E-state index in [1.54, 1.807) is 13.2 Å². The molecule has 0 aliphatic rings. The van der Waals surface area contributed by atoms with Crippen LogP contribution in [0.1, 0.15) is 32.0 Å². The van der Waals surface area contributed by atoms with Gasteiger partial charge >= 0.3 is 12.1 Å². The van der Waals surface area contributed by atoms with E-state index in [4.69, 9.17) is 14.2 Å². The molecular formula is C32H23BrF3N3O5. The van der Waals surface area contributed by atoms with Crippen LogP contribution in [0.3, 0.4) is 0 Å². The first-order valence-electron chi connectivity index (χ1n) is 12.9. The number of ether oxygens (including phenoxy) is 3. The number of fused-ring (bicyclic) bond motifs is 1. The van der Waals surface area contributed by atoms with Crippen molar-refractivity contribution in [2.24, 2.45) is 5.10 Å². The van der Waals surface area contributed by atoms with Crippen molar-refractivity contribution in [3.05, 3.63) is 112 Å². The lowest BCUT2D eigenvalue weighted by molar-refractivity contribution is -0.137. The van der Waals surface area contributed by atoms with E-state index < -0.39 is 23.6 Å². The number of rotatable bonds is 8. The third-order valence-corrected chi connectivity index (χ3v) is 7.23. The van der Waals surface area contributed by atoms with Crippen molar-refractivity contribution in [1.29, 1.82) is 0 Å². The van der Waals surface area contributed by atoms with Crippen LogP contribution in [0.25, 0.3) is 22.0 Å². The number of amides is 1. The van der Waals surface area contributed by atoms with Gasteiger partial charge in [0.1, 0.15) is 11.4 Å². The molecule has 5 aromatic rings. The Balaban J connectivity index is 1.37. The van der Waals surface area contributed by atoms with E-state index in [1.807, 2.05) is 36.4 Å². The van der Waals surface area contributed by atoms with Crippen LogP contribution < -0.4 is 19.6 Å². The predicted octanol–water partition coefficient (Wildman–Crippen LogP) is 7.62. The third-order valence-electron chi connectivity index (χ3n) is 6.57. The normalized spacial score (nSPS) is 11.5. The number of carbonyl (C=O) groups is 2. The maximum absolute atomic E-state index is 13.4. The molecule has 5 rings (SSSR count). The van der Waals surface area contributed by atoms with Gasteiger partial charge in [-0.25, -0.2) is 10.2 Å². The summed E-state index contributed by atoms with van der Waals surface area (Å²) in [6.07, 6.45) is -3.24. The quantitative estimate of drug-likeness (QED) is 0.0769. The highest BCUT2D eigenvalue weighted by Crippen LogP contribution is 2.41. The van der Waals surface area contributed by atoms with Crippen LogP contribution in [0.2, 0.25) is 0 Å². The average molecular weight is 666 g/mol. The minimum atomic E-state index is -4.61. The summed E-state index contributed by atoms with van der Waals surface area (Å²) in [6.45, 7) is 0. The fourth-order valence-electron chi connectivity index (χ4n) is 4.52. The van der Waals surface area contributed by atoms with Crippen molar-refractivity contribution < 1.29 is 37.0 Å². The molecule has 0 saturated carbocycles. The molecule has 4 aromatic carbocycles. The fraction of sp³-hybridized carbons (Fsp3) is 0.0938. The number of nitrogens with one attached hydrogen (secondary N) is 2. The van der Waals surface area contributed by atoms with Gasteiger partial charge in [0.25, 0.3) is 5.91 Å². The van der Waals surface area contributed by atoms with E-state index in [0.29, 0.717) is 28.5 Å². The largest absolute Gasteiger partial charge is 0.495 e. The number of hydrogen-bond donors (Lipinski definition) is 2. The van der Waals surface area contributed by atoms with Gasteiger partial charge in [-0.05, 0) is 59.7 Å². The molecule has 8 nitrogen and oxygen atoms in total. The van der Waals surface area contributed by atoms with Crippen molar-refractivity contribution in [3.63, 3.8) is 0 Å².